The van der Waals surface area contributed by atoms with Gasteiger partial charge in [-0.1, -0.05) is 48.5 Å². The fourth-order valence-electron chi connectivity index (χ4n) is 3.93. The standard InChI is InChI=1S/C20H19NO/c22-14-21-19-12-5-4-10-17(19)18-11-6-9-16(20(18)21)13-15-7-2-1-3-8-15/h1-5,7-8,10,12,14,16H,6,9,11,13H2. The van der Waals surface area contributed by atoms with Crippen LogP contribution in [0.5, 0.6) is 0 Å². The van der Waals surface area contributed by atoms with Gasteiger partial charge in [-0.25, -0.2) is 0 Å². The lowest BCUT2D eigenvalue weighted by Gasteiger charge is -2.24. The van der Waals surface area contributed by atoms with Crippen LogP contribution in [0.1, 0.15) is 35.6 Å². The molecule has 0 saturated carbocycles. The van der Waals surface area contributed by atoms with Crippen molar-refractivity contribution in [2.24, 2.45) is 0 Å². The highest BCUT2D eigenvalue weighted by Gasteiger charge is 2.27. The summed E-state index contributed by atoms with van der Waals surface area (Å²) < 4.78 is 1.89. The Morgan fingerprint density at radius 1 is 1.05 bits per heavy atom. The molecule has 1 aliphatic carbocycles. The normalized spacial score (nSPS) is 17.4. The molecule has 2 nitrogen and oxygen atoms in total. The maximum Gasteiger partial charge on any atom is 0.218 e. The van der Waals surface area contributed by atoms with Crippen molar-refractivity contribution >= 4 is 17.3 Å². The minimum absolute atomic E-state index is 0.434. The zero-order valence-corrected chi connectivity index (χ0v) is 12.5. The van der Waals surface area contributed by atoms with E-state index in [1.807, 2.05) is 10.6 Å². The van der Waals surface area contributed by atoms with Crippen LogP contribution in [0.2, 0.25) is 0 Å². The third-order valence-corrected chi connectivity index (χ3v) is 4.85. The molecule has 0 aliphatic heterocycles. The van der Waals surface area contributed by atoms with E-state index in [0.717, 1.165) is 31.2 Å². The molecule has 0 amide bonds. The lowest BCUT2D eigenvalue weighted by atomic mass is 9.83. The Balaban J connectivity index is 1.85. The lowest BCUT2D eigenvalue weighted by molar-refractivity contribution is 0.517. The molecule has 0 spiro atoms. The highest BCUT2D eigenvalue weighted by molar-refractivity contribution is 5.90. The van der Waals surface area contributed by atoms with Gasteiger partial charge in [0.15, 0.2) is 0 Å². The summed E-state index contributed by atoms with van der Waals surface area (Å²) in [5, 5.41) is 1.25. The lowest BCUT2D eigenvalue weighted by Crippen LogP contribution is -2.16. The van der Waals surface area contributed by atoms with Crippen molar-refractivity contribution < 1.29 is 4.79 Å². The molecule has 0 N–H and O–H groups in total. The van der Waals surface area contributed by atoms with Gasteiger partial charge in [0.05, 0.1) is 5.52 Å². The second kappa shape index (κ2) is 5.45. The number of carbonyl (C=O) groups excluding carboxylic acids is 1. The Hall–Kier alpha value is -2.35. The summed E-state index contributed by atoms with van der Waals surface area (Å²) in [5.41, 5.74) is 5.03. The molecule has 2 aromatic carbocycles. The maximum atomic E-state index is 11.7. The fourth-order valence-corrected chi connectivity index (χ4v) is 3.93. The second-order valence-corrected chi connectivity index (χ2v) is 6.14. The summed E-state index contributed by atoms with van der Waals surface area (Å²) in [4.78, 5) is 11.7. The molecule has 0 fully saturated rings. The molecular formula is C20H19NO. The molecule has 0 bridgehead atoms. The summed E-state index contributed by atoms with van der Waals surface area (Å²) in [6, 6.07) is 18.9. The first-order chi connectivity index (χ1) is 10.9. The molecule has 110 valence electrons. The molecule has 0 radical (unpaired) electrons. The first-order valence-corrected chi connectivity index (χ1v) is 7.99. The van der Waals surface area contributed by atoms with Crippen LogP contribution in [-0.4, -0.2) is 11.0 Å². The van der Waals surface area contributed by atoms with Crippen molar-refractivity contribution in [2.45, 2.75) is 31.6 Å². The van der Waals surface area contributed by atoms with E-state index >= 15 is 0 Å². The minimum Gasteiger partial charge on any atom is -0.286 e. The van der Waals surface area contributed by atoms with Gasteiger partial charge in [-0.05, 0) is 42.9 Å². The third kappa shape index (κ3) is 2.07. The number of fused-ring (bicyclic) bond motifs is 3. The van der Waals surface area contributed by atoms with Crippen molar-refractivity contribution in [3.05, 3.63) is 71.4 Å². The summed E-state index contributed by atoms with van der Waals surface area (Å²) in [7, 11) is 0. The molecule has 4 rings (SSSR count). The van der Waals surface area contributed by atoms with E-state index in [-0.39, 0.29) is 0 Å². The second-order valence-electron chi connectivity index (χ2n) is 6.14. The Morgan fingerprint density at radius 3 is 2.64 bits per heavy atom. The summed E-state index contributed by atoms with van der Waals surface area (Å²) in [6.45, 7) is 0. The van der Waals surface area contributed by atoms with Gasteiger partial charge in [0.1, 0.15) is 0 Å². The number of rotatable bonds is 3. The van der Waals surface area contributed by atoms with Gasteiger partial charge in [-0.15, -0.1) is 0 Å². The van der Waals surface area contributed by atoms with Crippen molar-refractivity contribution in [1.29, 1.82) is 0 Å². The molecule has 1 unspecified atom stereocenters. The van der Waals surface area contributed by atoms with E-state index in [0.29, 0.717) is 5.92 Å². The summed E-state index contributed by atoms with van der Waals surface area (Å²) >= 11 is 0. The topological polar surface area (TPSA) is 22.0 Å². The Labute approximate surface area is 130 Å². The number of para-hydroxylation sites is 1. The smallest absolute Gasteiger partial charge is 0.218 e. The van der Waals surface area contributed by atoms with E-state index in [2.05, 4.69) is 48.5 Å². The zero-order chi connectivity index (χ0) is 14.9. The molecule has 22 heavy (non-hydrogen) atoms. The number of hydrogen-bond donors (Lipinski definition) is 0. The van der Waals surface area contributed by atoms with E-state index in [1.54, 1.807) is 0 Å². The summed E-state index contributed by atoms with van der Waals surface area (Å²) in [5.74, 6) is 0.434. The average Bonchev–Trinajstić information content (AvgIpc) is 2.91. The highest BCUT2D eigenvalue weighted by atomic mass is 16.1. The van der Waals surface area contributed by atoms with Gasteiger partial charge < -0.3 is 0 Å². The van der Waals surface area contributed by atoms with E-state index in [4.69, 9.17) is 0 Å². The quantitative estimate of drug-likeness (QED) is 0.657. The van der Waals surface area contributed by atoms with Gasteiger partial charge in [0, 0.05) is 17.0 Å². The van der Waals surface area contributed by atoms with Crippen molar-refractivity contribution in [3.63, 3.8) is 0 Å². The molecule has 2 heteroatoms. The molecule has 3 aromatic rings. The van der Waals surface area contributed by atoms with E-state index in [9.17, 15) is 4.79 Å². The number of aryl methyl sites for hydroxylation is 1. The van der Waals surface area contributed by atoms with Crippen LogP contribution in [0.4, 0.5) is 0 Å². The Morgan fingerprint density at radius 2 is 1.82 bits per heavy atom. The molecule has 0 saturated heterocycles. The number of hydrogen-bond acceptors (Lipinski definition) is 1. The average molecular weight is 289 g/mol. The van der Waals surface area contributed by atoms with Crippen LogP contribution >= 0.6 is 0 Å². The van der Waals surface area contributed by atoms with Crippen LogP contribution in [0.25, 0.3) is 10.9 Å². The largest absolute Gasteiger partial charge is 0.286 e. The van der Waals surface area contributed by atoms with Crippen molar-refractivity contribution in [1.82, 2.24) is 4.57 Å². The first kappa shape index (κ1) is 13.3. The molecule has 1 aliphatic rings. The highest BCUT2D eigenvalue weighted by Crippen LogP contribution is 2.39. The molecule has 1 aromatic heterocycles. The van der Waals surface area contributed by atoms with Gasteiger partial charge in [-0.3, -0.25) is 9.36 Å². The van der Waals surface area contributed by atoms with E-state index < -0.39 is 0 Å². The van der Waals surface area contributed by atoms with Crippen LogP contribution in [0, 0.1) is 0 Å². The zero-order valence-electron chi connectivity index (χ0n) is 12.5. The molecule has 1 atom stereocenters. The first-order valence-electron chi connectivity index (χ1n) is 7.99. The van der Waals surface area contributed by atoms with Gasteiger partial charge in [-0.2, -0.15) is 0 Å². The predicted octanol–water partition coefficient (Wildman–Crippen LogP) is 4.34. The Kier molecular flexibility index (Phi) is 3.30. The number of nitrogens with zero attached hydrogens (tertiary/aromatic N) is 1. The fraction of sp³-hybridized carbons (Fsp3) is 0.250. The Bertz CT molecular complexity index is 816. The number of benzene rings is 2. The van der Waals surface area contributed by atoms with Crippen LogP contribution in [0.15, 0.2) is 54.6 Å². The van der Waals surface area contributed by atoms with Crippen molar-refractivity contribution in [2.75, 3.05) is 0 Å². The predicted molar refractivity (Wildman–Crippen MR) is 89.9 cm³/mol. The number of aromatic nitrogens is 1. The molecular weight excluding hydrogens is 270 g/mol. The van der Waals surface area contributed by atoms with Crippen LogP contribution < -0.4 is 0 Å². The SMILES string of the molecule is O=Cn1c2c(c3ccccc31)CCCC2Cc1ccccc1. The van der Waals surface area contributed by atoms with Crippen molar-refractivity contribution in [3.8, 4) is 0 Å². The van der Waals surface area contributed by atoms with Crippen LogP contribution in [0.3, 0.4) is 0 Å². The molecule has 1 heterocycles. The summed E-state index contributed by atoms with van der Waals surface area (Å²) in [6.07, 6.45) is 5.45. The van der Waals surface area contributed by atoms with Gasteiger partial charge >= 0.3 is 0 Å². The van der Waals surface area contributed by atoms with E-state index in [1.165, 1.54) is 28.6 Å². The van der Waals surface area contributed by atoms with Crippen LogP contribution in [-0.2, 0) is 17.6 Å². The number of carbonyl (C=O) groups is 1. The van der Waals surface area contributed by atoms with Gasteiger partial charge in [0.2, 0.25) is 6.41 Å². The third-order valence-electron chi connectivity index (χ3n) is 4.85. The minimum atomic E-state index is 0.434. The monoisotopic (exact) mass is 289 g/mol. The maximum absolute atomic E-state index is 11.7. The van der Waals surface area contributed by atoms with Gasteiger partial charge in [0.25, 0.3) is 0 Å².